The molecule has 9 heteroatoms. The summed E-state index contributed by atoms with van der Waals surface area (Å²) in [6.45, 7) is 2.07. The first kappa shape index (κ1) is 22.8. The fraction of sp³-hybridized carbons (Fsp3) is 0.200. The summed E-state index contributed by atoms with van der Waals surface area (Å²) in [5.41, 5.74) is 2.69. The molecule has 0 aliphatic carbocycles. The third-order valence-corrected chi connectivity index (χ3v) is 5.15. The Hall–Kier alpha value is -4.40. The highest BCUT2D eigenvalue weighted by Gasteiger charge is 2.23. The molecular weight excluding hydrogens is 434 g/mol. The molecule has 0 unspecified atom stereocenters. The number of nitrogens with one attached hydrogen (secondary N) is 1. The molecule has 2 aromatic heterocycles. The molecule has 1 N–H and O–H groups in total. The zero-order chi connectivity index (χ0) is 24.1. The van der Waals surface area contributed by atoms with Gasteiger partial charge in [-0.2, -0.15) is 5.10 Å². The van der Waals surface area contributed by atoms with E-state index in [2.05, 4.69) is 10.5 Å². The molecular formula is C25H25N5O4. The van der Waals surface area contributed by atoms with Crippen molar-refractivity contribution < 1.29 is 18.8 Å². The fourth-order valence-corrected chi connectivity index (χ4v) is 3.51. The van der Waals surface area contributed by atoms with Crippen molar-refractivity contribution in [3.8, 4) is 17.0 Å². The molecule has 2 aromatic carbocycles. The normalized spacial score (nSPS) is 10.7. The van der Waals surface area contributed by atoms with Gasteiger partial charge in [-0.3, -0.25) is 14.3 Å². The Morgan fingerprint density at radius 3 is 2.62 bits per heavy atom. The third-order valence-electron chi connectivity index (χ3n) is 5.15. The molecule has 4 rings (SSSR count). The van der Waals surface area contributed by atoms with Crippen molar-refractivity contribution in [2.75, 3.05) is 26.0 Å². The highest BCUT2D eigenvalue weighted by molar-refractivity contribution is 6.02. The van der Waals surface area contributed by atoms with E-state index in [0.717, 1.165) is 11.1 Å². The van der Waals surface area contributed by atoms with E-state index in [-0.39, 0.29) is 18.4 Å². The third kappa shape index (κ3) is 5.32. The zero-order valence-corrected chi connectivity index (χ0v) is 19.2. The van der Waals surface area contributed by atoms with Gasteiger partial charge in [0, 0.05) is 24.9 Å². The highest BCUT2D eigenvalue weighted by atomic mass is 16.5. The highest BCUT2D eigenvalue weighted by Crippen LogP contribution is 2.27. The average Bonchev–Trinajstić information content (AvgIpc) is 3.45. The molecule has 34 heavy (non-hydrogen) atoms. The van der Waals surface area contributed by atoms with E-state index in [1.165, 1.54) is 4.90 Å². The van der Waals surface area contributed by atoms with Crippen LogP contribution in [-0.2, 0) is 11.3 Å². The molecule has 0 saturated carbocycles. The van der Waals surface area contributed by atoms with Crippen molar-refractivity contribution in [2.24, 2.45) is 0 Å². The minimum Gasteiger partial charge on any atom is -0.497 e. The number of hydrogen-bond acceptors (Lipinski definition) is 6. The van der Waals surface area contributed by atoms with Gasteiger partial charge >= 0.3 is 0 Å². The molecule has 2 heterocycles. The summed E-state index contributed by atoms with van der Waals surface area (Å²) in [5.74, 6) is 0.820. The number of nitrogens with zero attached hydrogens (tertiary/aromatic N) is 4. The Balaban J connectivity index is 1.59. The van der Waals surface area contributed by atoms with Gasteiger partial charge in [-0.1, -0.05) is 47.6 Å². The molecule has 0 radical (unpaired) electrons. The average molecular weight is 460 g/mol. The van der Waals surface area contributed by atoms with Crippen LogP contribution in [0.2, 0.25) is 0 Å². The summed E-state index contributed by atoms with van der Waals surface area (Å²) in [6.07, 6.45) is 1.71. The fourth-order valence-electron chi connectivity index (χ4n) is 3.51. The Kier molecular flexibility index (Phi) is 6.72. The first-order valence-electron chi connectivity index (χ1n) is 10.7. The summed E-state index contributed by atoms with van der Waals surface area (Å²) < 4.78 is 12.0. The Morgan fingerprint density at radius 1 is 1.12 bits per heavy atom. The lowest BCUT2D eigenvalue weighted by Gasteiger charge is -2.16. The first-order chi connectivity index (χ1) is 16.4. The number of anilines is 1. The SMILES string of the molecule is COc1cccc(-c2nn(Cc3ccccc3)cc2C(=O)N(C)CC(=O)Nc2cc(C)on2)c1. The molecule has 9 nitrogen and oxygen atoms in total. The lowest BCUT2D eigenvalue weighted by Crippen LogP contribution is -2.35. The van der Waals surface area contributed by atoms with Gasteiger partial charge in [0.1, 0.15) is 17.2 Å². The number of aromatic nitrogens is 3. The van der Waals surface area contributed by atoms with Crippen molar-refractivity contribution in [1.29, 1.82) is 0 Å². The van der Waals surface area contributed by atoms with Crippen LogP contribution in [-0.4, -0.2) is 52.4 Å². The van der Waals surface area contributed by atoms with Gasteiger partial charge in [-0.15, -0.1) is 0 Å². The largest absolute Gasteiger partial charge is 0.497 e. The maximum Gasteiger partial charge on any atom is 0.257 e. The van der Waals surface area contributed by atoms with Crippen LogP contribution in [0.3, 0.4) is 0 Å². The van der Waals surface area contributed by atoms with Gasteiger partial charge in [-0.25, -0.2) is 0 Å². The second-order valence-electron chi connectivity index (χ2n) is 7.84. The standard InChI is InChI=1S/C25H25N5O4/c1-17-12-22(28-34-17)26-23(31)16-29(2)25(32)21-15-30(14-18-8-5-4-6-9-18)27-24(21)19-10-7-11-20(13-19)33-3/h4-13,15H,14,16H2,1-3H3,(H,26,28,31). The number of aryl methyl sites for hydroxylation is 1. The molecule has 0 spiro atoms. The van der Waals surface area contributed by atoms with Gasteiger partial charge in [-0.05, 0) is 24.6 Å². The molecule has 174 valence electrons. The molecule has 0 bridgehead atoms. The van der Waals surface area contributed by atoms with Crippen molar-refractivity contribution in [3.05, 3.63) is 83.7 Å². The predicted octanol–water partition coefficient (Wildman–Crippen LogP) is 3.61. The van der Waals surface area contributed by atoms with Crippen molar-refractivity contribution in [2.45, 2.75) is 13.5 Å². The van der Waals surface area contributed by atoms with E-state index in [9.17, 15) is 9.59 Å². The van der Waals surface area contributed by atoms with Gasteiger partial charge in [0.2, 0.25) is 5.91 Å². The molecule has 0 aliphatic rings. The lowest BCUT2D eigenvalue weighted by molar-refractivity contribution is -0.116. The summed E-state index contributed by atoms with van der Waals surface area (Å²) in [7, 11) is 3.15. The van der Waals surface area contributed by atoms with Crippen LogP contribution in [0.25, 0.3) is 11.3 Å². The van der Waals surface area contributed by atoms with Gasteiger partial charge in [0.15, 0.2) is 5.82 Å². The number of benzene rings is 2. The Morgan fingerprint density at radius 2 is 1.91 bits per heavy atom. The second-order valence-corrected chi connectivity index (χ2v) is 7.84. The molecule has 0 saturated heterocycles. The van der Waals surface area contributed by atoms with E-state index < -0.39 is 0 Å². The minimum atomic E-state index is -0.385. The smallest absolute Gasteiger partial charge is 0.257 e. The van der Waals surface area contributed by atoms with E-state index in [0.29, 0.717) is 35.1 Å². The van der Waals surface area contributed by atoms with E-state index in [1.54, 1.807) is 38.0 Å². The Bertz CT molecular complexity index is 1300. The summed E-state index contributed by atoms with van der Waals surface area (Å²) in [4.78, 5) is 27.2. The minimum absolute atomic E-state index is 0.161. The van der Waals surface area contributed by atoms with E-state index >= 15 is 0 Å². The second kappa shape index (κ2) is 10.0. The maximum atomic E-state index is 13.4. The van der Waals surface area contributed by atoms with Crippen molar-refractivity contribution in [1.82, 2.24) is 19.8 Å². The lowest BCUT2D eigenvalue weighted by atomic mass is 10.1. The number of ether oxygens (including phenoxy) is 1. The topological polar surface area (TPSA) is 102 Å². The number of methoxy groups -OCH3 is 1. The first-order valence-corrected chi connectivity index (χ1v) is 10.7. The Labute approximate surface area is 196 Å². The van der Waals surface area contributed by atoms with Gasteiger partial charge in [0.25, 0.3) is 5.91 Å². The number of likely N-dealkylation sites (N-methyl/N-ethyl adjacent to an activating group) is 1. The van der Waals surface area contributed by atoms with Crippen LogP contribution in [0.15, 0.2) is 71.4 Å². The quantitative estimate of drug-likeness (QED) is 0.432. The molecule has 0 atom stereocenters. The molecule has 0 aliphatic heterocycles. The number of carbonyl (C=O) groups is 2. The van der Waals surface area contributed by atoms with Gasteiger partial charge < -0.3 is 19.5 Å². The van der Waals surface area contributed by atoms with Gasteiger partial charge in [0.05, 0.1) is 25.8 Å². The number of rotatable bonds is 8. The summed E-state index contributed by atoms with van der Waals surface area (Å²) in [6, 6.07) is 18.8. The van der Waals surface area contributed by atoms with Crippen LogP contribution >= 0.6 is 0 Å². The number of amides is 2. The number of hydrogen-bond donors (Lipinski definition) is 1. The molecule has 0 fully saturated rings. The number of carbonyl (C=O) groups excluding carboxylic acids is 2. The zero-order valence-electron chi connectivity index (χ0n) is 19.2. The maximum absolute atomic E-state index is 13.4. The van der Waals surface area contributed by atoms with Crippen LogP contribution in [0.5, 0.6) is 5.75 Å². The van der Waals surface area contributed by atoms with Crippen LogP contribution in [0, 0.1) is 6.92 Å². The summed E-state index contributed by atoms with van der Waals surface area (Å²) in [5, 5.41) is 11.1. The predicted molar refractivity (Wildman–Crippen MR) is 127 cm³/mol. The molecule has 2 amide bonds. The van der Waals surface area contributed by atoms with Crippen LogP contribution < -0.4 is 10.1 Å². The monoisotopic (exact) mass is 459 g/mol. The van der Waals surface area contributed by atoms with Crippen molar-refractivity contribution >= 4 is 17.6 Å². The molecule has 4 aromatic rings. The van der Waals surface area contributed by atoms with Crippen LogP contribution in [0.4, 0.5) is 5.82 Å². The summed E-state index contributed by atoms with van der Waals surface area (Å²) >= 11 is 0. The van der Waals surface area contributed by atoms with E-state index in [1.807, 2.05) is 54.6 Å². The van der Waals surface area contributed by atoms with Crippen LogP contribution in [0.1, 0.15) is 21.7 Å². The van der Waals surface area contributed by atoms with Crippen molar-refractivity contribution in [3.63, 3.8) is 0 Å². The van der Waals surface area contributed by atoms with E-state index in [4.69, 9.17) is 14.4 Å².